The summed E-state index contributed by atoms with van der Waals surface area (Å²) < 4.78 is 0. The van der Waals surface area contributed by atoms with Gasteiger partial charge in [-0.05, 0) is 38.5 Å². The summed E-state index contributed by atoms with van der Waals surface area (Å²) in [4.78, 5) is 30.7. The molecule has 0 spiro atoms. The molecule has 1 aliphatic heterocycles. The van der Waals surface area contributed by atoms with Gasteiger partial charge in [0.25, 0.3) is 5.69 Å². The minimum absolute atomic E-state index is 0.0388. The Hall–Kier alpha value is -2.84. The van der Waals surface area contributed by atoms with Crippen LogP contribution in [0.1, 0.15) is 31.8 Å². The van der Waals surface area contributed by atoms with Crippen LogP contribution in [0.15, 0.2) is 48.5 Å². The number of nitro groups is 1. The van der Waals surface area contributed by atoms with E-state index in [4.69, 9.17) is 16.4 Å². The zero-order chi connectivity index (χ0) is 22.6. The summed E-state index contributed by atoms with van der Waals surface area (Å²) in [5.41, 5.74) is 0.803. The average Bonchev–Trinajstić information content (AvgIpc) is 2.74. The van der Waals surface area contributed by atoms with Gasteiger partial charge in [0, 0.05) is 24.8 Å². The molecule has 0 aliphatic carbocycles. The Morgan fingerprint density at radius 1 is 1.13 bits per heavy atom. The van der Waals surface area contributed by atoms with Gasteiger partial charge < -0.3 is 15.1 Å². The van der Waals surface area contributed by atoms with Crippen molar-refractivity contribution in [3.63, 3.8) is 0 Å². The number of rotatable bonds is 6. The third-order valence-electron chi connectivity index (χ3n) is 4.98. The van der Waals surface area contributed by atoms with E-state index in [2.05, 4.69) is 10.2 Å². The van der Waals surface area contributed by atoms with E-state index in [1.54, 1.807) is 17.2 Å². The molecule has 8 nitrogen and oxygen atoms in total. The first kappa shape index (κ1) is 22.8. The molecule has 0 radical (unpaired) electrons. The third kappa shape index (κ3) is 5.86. The molecule has 166 valence electrons. The second kappa shape index (κ2) is 9.53. The van der Waals surface area contributed by atoms with Crippen LogP contribution in [-0.4, -0.2) is 42.1 Å². The first-order valence-corrected chi connectivity index (χ1v) is 10.5. The van der Waals surface area contributed by atoms with Crippen molar-refractivity contribution in [3.8, 4) is 0 Å². The number of carbonyl (C=O) groups excluding carboxylic acids is 1. The van der Waals surface area contributed by atoms with Crippen molar-refractivity contribution in [2.24, 2.45) is 5.41 Å². The van der Waals surface area contributed by atoms with Crippen molar-refractivity contribution in [3.05, 3.63) is 64.2 Å². The van der Waals surface area contributed by atoms with Gasteiger partial charge in [-0.3, -0.25) is 10.1 Å². The number of benzene rings is 2. The number of hydroxylamine groups is 2. The lowest BCUT2D eigenvalue weighted by atomic mass is 9.98. The number of nitro benzene ring substituents is 1. The molecule has 0 amide bonds. The standard InChI is InChI=1S/C22H27ClN4O4/c1-22(2,3)21(28)31-26-13-11-25(12-14-26)17-9-10-19(27(29)30)18(15-17)24-20(23)16-7-5-4-6-8-16/h4-10,15,20,24H,11-14H2,1-3H3. The van der Waals surface area contributed by atoms with Crippen LogP contribution in [0.25, 0.3) is 0 Å². The quantitative estimate of drug-likeness (QED) is 0.301. The normalized spacial score (nSPS) is 15.9. The minimum Gasteiger partial charge on any atom is -0.369 e. The van der Waals surface area contributed by atoms with Crippen LogP contribution in [0.2, 0.25) is 0 Å². The molecule has 2 aromatic rings. The molecule has 3 rings (SSSR count). The first-order chi connectivity index (χ1) is 14.6. The highest BCUT2D eigenvalue weighted by Crippen LogP contribution is 2.34. The van der Waals surface area contributed by atoms with Crippen molar-refractivity contribution in [1.29, 1.82) is 0 Å². The summed E-state index contributed by atoms with van der Waals surface area (Å²) in [6.45, 7) is 7.78. The molecule has 1 atom stereocenters. The van der Waals surface area contributed by atoms with E-state index in [1.807, 2.05) is 51.1 Å². The molecule has 2 aromatic carbocycles. The Morgan fingerprint density at radius 2 is 1.77 bits per heavy atom. The van der Waals surface area contributed by atoms with E-state index in [1.165, 1.54) is 6.07 Å². The molecule has 31 heavy (non-hydrogen) atoms. The van der Waals surface area contributed by atoms with Crippen LogP contribution < -0.4 is 10.2 Å². The molecule has 0 bridgehead atoms. The molecule has 1 fully saturated rings. The van der Waals surface area contributed by atoms with Crippen LogP contribution in [0.5, 0.6) is 0 Å². The molecular formula is C22H27ClN4O4. The molecule has 1 heterocycles. The van der Waals surface area contributed by atoms with Crippen LogP contribution in [-0.2, 0) is 9.63 Å². The highest BCUT2D eigenvalue weighted by molar-refractivity contribution is 6.21. The fourth-order valence-electron chi connectivity index (χ4n) is 3.13. The molecule has 1 aliphatic rings. The first-order valence-electron chi connectivity index (χ1n) is 10.1. The summed E-state index contributed by atoms with van der Waals surface area (Å²) in [6.07, 6.45) is 0. The zero-order valence-electron chi connectivity index (χ0n) is 17.9. The lowest BCUT2D eigenvalue weighted by Crippen LogP contribution is -2.48. The van der Waals surface area contributed by atoms with Crippen LogP contribution in [0, 0.1) is 15.5 Å². The number of anilines is 2. The second-order valence-corrected chi connectivity index (χ2v) is 8.86. The SMILES string of the molecule is CC(C)(C)C(=O)ON1CCN(c2ccc([N+](=O)[O-])c(NC(Cl)c3ccccc3)c2)CC1. The molecule has 1 N–H and O–H groups in total. The van der Waals surface area contributed by atoms with Crippen molar-refractivity contribution in [2.75, 3.05) is 36.4 Å². The largest absolute Gasteiger partial charge is 0.369 e. The number of nitrogens with zero attached hydrogens (tertiary/aromatic N) is 3. The van der Waals surface area contributed by atoms with Crippen molar-refractivity contribution in [1.82, 2.24) is 5.06 Å². The Balaban J connectivity index is 1.71. The van der Waals surface area contributed by atoms with E-state index in [0.717, 1.165) is 11.3 Å². The predicted molar refractivity (Wildman–Crippen MR) is 121 cm³/mol. The number of piperazine rings is 1. The maximum absolute atomic E-state index is 12.1. The lowest BCUT2D eigenvalue weighted by Gasteiger charge is -2.35. The fourth-order valence-corrected chi connectivity index (χ4v) is 3.39. The van der Waals surface area contributed by atoms with Crippen LogP contribution >= 0.6 is 11.6 Å². The lowest BCUT2D eigenvalue weighted by molar-refractivity contribution is -0.384. The van der Waals surface area contributed by atoms with Gasteiger partial charge in [0.1, 0.15) is 11.2 Å². The van der Waals surface area contributed by atoms with E-state index in [-0.39, 0.29) is 11.7 Å². The van der Waals surface area contributed by atoms with Crippen LogP contribution in [0.3, 0.4) is 0 Å². The highest BCUT2D eigenvalue weighted by Gasteiger charge is 2.28. The number of alkyl halides is 1. The van der Waals surface area contributed by atoms with Gasteiger partial charge in [-0.15, -0.1) is 5.06 Å². The second-order valence-electron chi connectivity index (χ2n) is 8.42. The van der Waals surface area contributed by atoms with E-state index >= 15 is 0 Å². The fraction of sp³-hybridized carbons (Fsp3) is 0.409. The summed E-state index contributed by atoms with van der Waals surface area (Å²) in [5.74, 6) is -0.267. The number of halogens is 1. The molecule has 1 unspecified atom stereocenters. The summed E-state index contributed by atoms with van der Waals surface area (Å²) in [5, 5.41) is 16.2. The number of hydrogen-bond acceptors (Lipinski definition) is 7. The summed E-state index contributed by atoms with van der Waals surface area (Å²) >= 11 is 6.46. The molecular weight excluding hydrogens is 420 g/mol. The zero-order valence-corrected chi connectivity index (χ0v) is 18.6. The summed E-state index contributed by atoms with van der Waals surface area (Å²) in [6, 6.07) is 14.3. The monoisotopic (exact) mass is 446 g/mol. The molecule has 1 saturated heterocycles. The van der Waals surface area contributed by atoms with Crippen molar-refractivity contribution in [2.45, 2.75) is 26.3 Å². The van der Waals surface area contributed by atoms with Gasteiger partial charge in [0.15, 0.2) is 0 Å². The maximum atomic E-state index is 12.1. The Morgan fingerprint density at radius 3 is 2.35 bits per heavy atom. The topological polar surface area (TPSA) is 88.0 Å². The molecule has 0 aromatic heterocycles. The van der Waals surface area contributed by atoms with E-state index in [0.29, 0.717) is 31.9 Å². The Bertz CT molecular complexity index is 925. The highest BCUT2D eigenvalue weighted by atomic mass is 35.5. The Kier molecular flexibility index (Phi) is 7.02. The number of carbonyl (C=O) groups is 1. The van der Waals surface area contributed by atoms with Gasteiger partial charge in [-0.2, -0.15) is 0 Å². The van der Waals surface area contributed by atoms with Gasteiger partial charge in [0.2, 0.25) is 0 Å². The number of nitrogens with one attached hydrogen (secondary N) is 1. The maximum Gasteiger partial charge on any atom is 0.330 e. The van der Waals surface area contributed by atoms with E-state index < -0.39 is 15.8 Å². The third-order valence-corrected chi connectivity index (χ3v) is 5.34. The van der Waals surface area contributed by atoms with E-state index in [9.17, 15) is 14.9 Å². The smallest absolute Gasteiger partial charge is 0.330 e. The molecule has 0 saturated carbocycles. The Labute approximate surface area is 186 Å². The average molecular weight is 447 g/mol. The van der Waals surface area contributed by atoms with Crippen molar-refractivity contribution >= 4 is 34.6 Å². The molecule has 9 heteroatoms. The number of hydrogen-bond donors (Lipinski definition) is 1. The predicted octanol–water partition coefficient (Wildman–Crippen LogP) is 4.57. The van der Waals surface area contributed by atoms with Crippen LogP contribution in [0.4, 0.5) is 17.1 Å². The minimum atomic E-state index is -0.608. The van der Waals surface area contributed by atoms with Crippen molar-refractivity contribution < 1.29 is 14.6 Å². The van der Waals surface area contributed by atoms with Gasteiger partial charge >= 0.3 is 5.97 Å². The summed E-state index contributed by atoms with van der Waals surface area (Å²) in [7, 11) is 0. The van der Waals surface area contributed by atoms with Gasteiger partial charge in [-0.25, -0.2) is 4.79 Å². The van der Waals surface area contributed by atoms with Gasteiger partial charge in [0.05, 0.1) is 23.4 Å². The van der Waals surface area contributed by atoms with Gasteiger partial charge in [-0.1, -0.05) is 41.9 Å².